The Morgan fingerprint density at radius 2 is 1.76 bits per heavy atom. The lowest BCUT2D eigenvalue weighted by atomic mass is 9.99. The number of aromatic nitrogens is 2. The number of hydrogen-bond acceptors (Lipinski definition) is 12. The molecule has 2 aromatic heterocycles. The number of hydrogen-bond donors (Lipinski definition) is 3. The molecule has 1 saturated heterocycles. The zero-order chi connectivity index (χ0) is 49.0. The predicted octanol–water partition coefficient (Wildman–Crippen LogP) is 6.59. The Kier molecular flexibility index (Phi) is 13.3. The number of nitrogens with zero attached hydrogens (tertiary/aromatic N) is 4. The number of alkyl halides is 2. The molecule has 3 fully saturated rings. The minimum atomic E-state index is -4.41. The molecule has 0 spiro atoms. The van der Waals surface area contributed by atoms with Gasteiger partial charge in [-0.1, -0.05) is 19.1 Å². The first-order valence-electron chi connectivity index (χ1n) is 22.6. The predicted molar refractivity (Wildman–Crippen MR) is 242 cm³/mol. The Morgan fingerprint density at radius 1 is 1.06 bits per heavy atom. The lowest BCUT2D eigenvalue weighted by molar-refractivity contribution is -0.220. The number of carboxylic acid groups (broad SMARTS) is 1. The number of carbonyl (C=O) groups is 4. The highest BCUT2D eigenvalue weighted by molar-refractivity contribution is 7.91. The minimum absolute atomic E-state index is 0.0420. The number of carbonyl (C=O) groups excluding carboxylic acids is 3. The van der Waals surface area contributed by atoms with E-state index in [1.54, 1.807) is 62.4 Å². The number of benzene rings is 1. The Hall–Kier alpha value is -5.63. The summed E-state index contributed by atoms with van der Waals surface area (Å²) in [6.45, 7) is 12.6. The van der Waals surface area contributed by atoms with E-state index < -0.39 is 98.4 Å². The molecule has 7 rings (SSSR count). The van der Waals surface area contributed by atoms with Gasteiger partial charge in [-0.05, 0) is 129 Å². The summed E-state index contributed by atoms with van der Waals surface area (Å²) in [6, 6.07) is 0.475. The third-order valence-electron chi connectivity index (χ3n) is 13.5. The largest absolute Gasteiger partial charge is 0.497 e. The van der Waals surface area contributed by atoms with Crippen LogP contribution in [-0.4, -0.2) is 123 Å². The van der Waals surface area contributed by atoms with E-state index in [0.717, 1.165) is 11.8 Å². The molecule has 17 nitrogen and oxygen atoms in total. The molecule has 1 unspecified atom stereocenters. The molecule has 3 aromatic rings. The van der Waals surface area contributed by atoms with Crippen LogP contribution in [-0.2, 0) is 29.1 Å². The molecular weight excluding hydrogens is 895 g/mol. The first kappa shape index (κ1) is 49.3. The van der Waals surface area contributed by atoms with Gasteiger partial charge < -0.3 is 29.4 Å². The average Bonchev–Trinajstić information content (AvgIpc) is 4.17. The van der Waals surface area contributed by atoms with Crippen LogP contribution in [0.4, 0.5) is 13.6 Å². The molecule has 0 radical (unpaired) electrons. The monoisotopic (exact) mass is 954 g/mol. The van der Waals surface area contributed by atoms with Gasteiger partial charge in [-0.3, -0.25) is 33.9 Å². The van der Waals surface area contributed by atoms with Crippen molar-refractivity contribution in [2.45, 2.75) is 159 Å². The van der Waals surface area contributed by atoms with Gasteiger partial charge >= 0.3 is 12.1 Å². The minimum Gasteiger partial charge on any atom is -0.497 e. The number of rotatable bonds is 12. The molecule has 2 aliphatic carbocycles. The molecule has 2 aliphatic heterocycles. The number of pyridine rings is 2. The van der Waals surface area contributed by atoms with E-state index >= 15 is 13.6 Å². The van der Waals surface area contributed by atoms with Gasteiger partial charge in [0.1, 0.15) is 29.1 Å². The number of nitrogens with one attached hydrogen (secondary N) is 2. The van der Waals surface area contributed by atoms with Crippen molar-refractivity contribution < 1.29 is 60.4 Å². The fraction of sp³-hybridized carbons (Fsp3) is 0.574. The lowest BCUT2D eigenvalue weighted by Gasteiger charge is -2.42. The van der Waals surface area contributed by atoms with E-state index in [9.17, 15) is 27.9 Å². The van der Waals surface area contributed by atoms with Crippen LogP contribution in [0.1, 0.15) is 100 Å². The number of halogens is 2. The Labute approximate surface area is 389 Å². The van der Waals surface area contributed by atoms with Crippen LogP contribution in [0.15, 0.2) is 54.7 Å². The van der Waals surface area contributed by atoms with Crippen LogP contribution in [0.2, 0.25) is 0 Å². The third kappa shape index (κ3) is 9.34. The van der Waals surface area contributed by atoms with E-state index in [1.807, 2.05) is 13.8 Å². The molecule has 2 saturated carbocycles. The summed E-state index contributed by atoms with van der Waals surface area (Å²) < 4.78 is 87.6. The highest BCUT2D eigenvalue weighted by atomic mass is 32.2. The average molecular weight is 955 g/mol. The second-order valence-electron chi connectivity index (χ2n) is 19.0. The molecule has 8 atom stereocenters. The molecule has 0 bridgehead atoms. The highest BCUT2D eigenvalue weighted by Crippen LogP contribution is 2.51. The van der Waals surface area contributed by atoms with Crippen LogP contribution < -0.4 is 24.2 Å². The summed E-state index contributed by atoms with van der Waals surface area (Å²) >= 11 is 0. The van der Waals surface area contributed by atoms with Gasteiger partial charge in [0, 0.05) is 23.8 Å². The molecule has 364 valence electrons. The van der Waals surface area contributed by atoms with E-state index in [1.165, 1.54) is 34.1 Å². The first-order valence-corrected chi connectivity index (χ1v) is 24.1. The maximum absolute atomic E-state index is 18.1. The molecule has 3 N–H and O–H groups in total. The molecular formula is C47H60F2N6O11S. The third-order valence-corrected chi connectivity index (χ3v) is 15.7. The van der Waals surface area contributed by atoms with Crippen molar-refractivity contribution in [3.05, 3.63) is 54.7 Å². The van der Waals surface area contributed by atoms with Gasteiger partial charge in [0.05, 0.1) is 47.8 Å². The SMILES string of the molecule is CCC(C)N(C(=O)O)[C@@H]1C(=O)N2[C@@H](C[C@@](C)(Oc3nc(-c4ccc(OC(C)C)cn4)cc4cc(OC)ccc34)C2(F)F)C(=O)N[C@]2(C(=O)NS(=O)(=O)C3(C)CC3)C[C@H]2/C=C\CC[C@@H](C)O[C@H]1C. The van der Waals surface area contributed by atoms with Crippen molar-refractivity contribution in [3.8, 4) is 28.8 Å². The number of ether oxygens (including phenoxy) is 4. The Balaban J connectivity index is 1.36. The number of allylic oxidation sites excluding steroid dienone is 1. The summed E-state index contributed by atoms with van der Waals surface area (Å²) in [6.07, 6.45) is 1.82. The van der Waals surface area contributed by atoms with Crippen LogP contribution in [0.5, 0.6) is 17.4 Å². The second kappa shape index (κ2) is 18.1. The van der Waals surface area contributed by atoms with Gasteiger partial charge in [-0.15, -0.1) is 0 Å². The van der Waals surface area contributed by atoms with Gasteiger partial charge in [0.15, 0.2) is 5.60 Å². The topological polar surface area (TPSA) is 216 Å². The van der Waals surface area contributed by atoms with Crippen molar-refractivity contribution in [1.82, 2.24) is 29.8 Å². The fourth-order valence-electron chi connectivity index (χ4n) is 8.90. The smallest absolute Gasteiger partial charge is 0.408 e. The van der Waals surface area contributed by atoms with E-state index in [-0.39, 0.29) is 40.8 Å². The molecule has 4 aliphatic rings. The summed E-state index contributed by atoms with van der Waals surface area (Å²) in [7, 11) is -2.75. The van der Waals surface area contributed by atoms with Crippen molar-refractivity contribution in [2.24, 2.45) is 5.92 Å². The molecule has 1 aromatic carbocycles. The Morgan fingerprint density at radius 3 is 2.37 bits per heavy atom. The maximum atomic E-state index is 18.1. The van der Waals surface area contributed by atoms with Crippen molar-refractivity contribution in [1.29, 1.82) is 0 Å². The van der Waals surface area contributed by atoms with Gasteiger partial charge in [0.25, 0.3) is 11.8 Å². The quantitative estimate of drug-likeness (QED) is 0.129. The Bertz CT molecular complexity index is 2560. The van der Waals surface area contributed by atoms with E-state index in [2.05, 4.69) is 20.0 Å². The summed E-state index contributed by atoms with van der Waals surface area (Å²) in [5.41, 5.74) is -4.13. The summed E-state index contributed by atoms with van der Waals surface area (Å²) in [5, 5.41) is 14.0. The number of sulfonamides is 1. The highest BCUT2D eigenvalue weighted by Gasteiger charge is 2.71. The molecule has 4 heterocycles. The van der Waals surface area contributed by atoms with Crippen LogP contribution in [0.25, 0.3) is 22.2 Å². The zero-order valence-electron chi connectivity index (χ0n) is 39.2. The van der Waals surface area contributed by atoms with Crippen LogP contribution >= 0.6 is 0 Å². The van der Waals surface area contributed by atoms with Gasteiger partial charge in [-0.25, -0.2) is 18.2 Å². The van der Waals surface area contributed by atoms with Crippen LogP contribution in [0.3, 0.4) is 0 Å². The molecule has 4 amide bonds. The normalized spacial score (nSPS) is 29.0. The molecule has 67 heavy (non-hydrogen) atoms. The zero-order valence-corrected chi connectivity index (χ0v) is 40.0. The maximum Gasteiger partial charge on any atom is 0.408 e. The van der Waals surface area contributed by atoms with Crippen molar-refractivity contribution in [3.63, 3.8) is 0 Å². The number of fused-ring (bicyclic) bond motifs is 3. The summed E-state index contributed by atoms with van der Waals surface area (Å²) in [5.74, 6) is -3.86. The van der Waals surface area contributed by atoms with Gasteiger partial charge in [-0.2, -0.15) is 8.78 Å². The number of methoxy groups -OCH3 is 1. The first-order chi connectivity index (χ1) is 31.4. The summed E-state index contributed by atoms with van der Waals surface area (Å²) in [4.78, 5) is 67.4. The van der Waals surface area contributed by atoms with E-state index in [4.69, 9.17) is 18.9 Å². The molecule has 20 heteroatoms. The van der Waals surface area contributed by atoms with Crippen molar-refractivity contribution >= 4 is 44.6 Å². The second-order valence-corrected chi connectivity index (χ2v) is 21.1. The fourth-order valence-corrected chi connectivity index (χ4v) is 10.2. The number of amides is 4. The van der Waals surface area contributed by atoms with Crippen molar-refractivity contribution in [2.75, 3.05) is 7.11 Å². The van der Waals surface area contributed by atoms with Crippen LogP contribution in [0, 0.1) is 5.92 Å². The lowest BCUT2D eigenvalue weighted by Crippen LogP contribution is -2.65. The van der Waals surface area contributed by atoms with E-state index in [0.29, 0.717) is 48.3 Å². The van der Waals surface area contributed by atoms with Gasteiger partial charge in [0.2, 0.25) is 21.8 Å². The standard InChI is InChI=1S/C47H60F2N6O11S/c1-10-27(4)54(43(59)60)38-29(6)65-28(5)13-11-12-14-31-23-46(31,42(58)53-67(61,62)44(7)19-20-44)52-39(56)37-24-45(8,47(48,49)55(37)41(38)57)66-40-34-17-15-32(63-9)21-30(34)22-36(51-40)35-18-16-33(25-50-35)64-26(2)3/h12,14-18,21-22,25-29,31,37-38H,10-11,13,19-20,23-24H2,1-9H3,(H,52,56)(H,53,58)(H,59,60)/b14-12-/t27?,28-,29+,31-,37+,38+,45-,46-/m1/s1.